The smallest absolute Gasteiger partial charge is 0.158 e. The van der Waals surface area contributed by atoms with Gasteiger partial charge in [-0.3, -0.25) is 4.90 Å². The first-order chi connectivity index (χ1) is 13.7. The van der Waals surface area contributed by atoms with E-state index in [4.69, 9.17) is 9.98 Å². The van der Waals surface area contributed by atoms with E-state index < -0.39 is 5.60 Å². The molecule has 2 aromatic rings. The minimum atomic E-state index is -0.696. The summed E-state index contributed by atoms with van der Waals surface area (Å²) in [7, 11) is 2.14. The molecule has 1 fully saturated rings. The van der Waals surface area contributed by atoms with Gasteiger partial charge in [0.25, 0.3) is 0 Å². The lowest BCUT2D eigenvalue weighted by Crippen LogP contribution is -2.55. The van der Waals surface area contributed by atoms with Gasteiger partial charge in [0.2, 0.25) is 0 Å². The largest absolute Gasteiger partial charge is 0.390 e. The summed E-state index contributed by atoms with van der Waals surface area (Å²) in [6.07, 6.45) is 0.725. The van der Waals surface area contributed by atoms with Crippen molar-refractivity contribution in [3.8, 4) is 0 Å². The number of thiazole rings is 1. The Morgan fingerprint density at radius 3 is 2.76 bits per heavy atom. The van der Waals surface area contributed by atoms with Crippen LogP contribution in [0.5, 0.6) is 0 Å². The average Bonchev–Trinajstić information content (AvgIpc) is 2.99. The third-order valence-corrected chi connectivity index (χ3v) is 6.81. The maximum Gasteiger partial charge on any atom is 0.158 e. The Labute approximate surface area is 177 Å². The van der Waals surface area contributed by atoms with Crippen LogP contribution >= 0.6 is 11.3 Å². The summed E-state index contributed by atoms with van der Waals surface area (Å²) in [5.41, 5.74) is 2.21. The van der Waals surface area contributed by atoms with Crippen LogP contribution in [0, 0.1) is 0 Å². The van der Waals surface area contributed by atoms with Crippen LogP contribution in [0.15, 0.2) is 29.3 Å². The molecule has 6 nitrogen and oxygen atoms in total. The third kappa shape index (κ3) is 4.32. The van der Waals surface area contributed by atoms with Crippen LogP contribution in [-0.2, 0) is 0 Å². The first-order valence-electron chi connectivity index (χ1n) is 10.3. The fourth-order valence-electron chi connectivity index (χ4n) is 3.94. The molecule has 0 unspecified atom stereocenters. The predicted molar refractivity (Wildman–Crippen MR) is 121 cm³/mol. The molecule has 0 saturated carbocycles. The van der Waals surface area contributed by atoms with E-state index in [-0.39, 0.29) is 6.04 Å². The molecule has 156 valence electrons. The SMILES string of the molecule is CC(C)c1nc2c(s1)Nc1ccccc1N=C2N1CCN(C)[C@@H](CC(C)(C)O)C1. The third-order valence-electron chi connectivity index (χ3n) is 5.54. The molecule has 0 radical (unpaired) electrons. The van der Waals surface area contributed by atoms with E-state index in [1.807, 2.05) is 32.0 Å². The van der Waals surface area contributed by atoms with Crippen molar-refractivity contribution in [3.05, 3.63) is 35.0 Å². The Morgan fingerprint density at radius 2 is 2.03 bits per heavy atom. The number of hydrogen-bond donors (Lipinski definition) is 2. The summed E-state index contributed by atoms with van der Waals surface area (Å²) >= 11 is 1.72. The second-order valence-electron chi connectivity index (χ2n) is 9.06. The summed E-state index contributed by atoms with van der Waals surface area (Å²) in [5.74, 6) is 1.31. The molecule has 1 aromatic heterocycles. The monoisotopic (exact) mass is 413 g/mol. The van der Waals surface area contributed by atoms with Crippen LogP contribution in [0.25, 0.3) is 0 Å². The molecule has 1 saturated heterocycles. The van der Waals surface area contributed by atoms with Crippen LogP contribution in [0.4, 0.5) is 16.4 Å². The van der Waals surface area contributed by atoms with Crippen LogP contribution in [0.2, 0.25) is 0 Å². The van der Waals surface area contributed by atoms with Gasteiger partial charge in [-0.05, 0) is 39.4 Å². The number of likely N-dealkylation sites (N-methyl/N-ethyl adjacent to an activating group) is 1. The maximum absolute atomic E-state index is 10.4. The lowest BCUT2D eigenvalue weighted by Gasteiger charge is -2.42. The number of rotatable bonds is 3. The summed E-state index contributed by atoms with van der Waals surface area (Å²) < 4.78 is 0. The molecule has 0 spiro atoms. The number of nitrogens with zero attached hydrogens (tertiary/aromatic N) is 4. The number of para-hydroxylation sites is 2. The van der Waals surface area contributed by atoms with E-state index in [0.29, 0.717) is 5.92 Å². The first kappa shape index (κ1) is 20.3. The van der Waals surface area contributed by atoms with Gasteiger partial charge < -0.3 is 15.3 Å². The number of anilines is 2. The van der Waals surface area contributed by atoms with E-state index >= 15 is 0 Å². The minimum absolute atomic E-state index is 0.268. The molecule has 4 rings (SSSR count). The quantitative estimate of drug-likeness (QED) is 0.790. The summed E-state index contributed by atoms with van der Waals surface area (Å²) in [6, 6.07) is 8.44. The molecule has 1 aromatic carbocycles. The molecule has 2 aliphatic rings. The molecule has 0 aliphatic carbocycles. The van der Waals surface area contributed by atoms with E-state index in [9.17, 15) is 5.11 Å². The Bertz CT molecular complexity index is 914. The van der Waals surface area contributed by atoms with Gasteiger partial charge in [-0.2, -0.15) is 0 Å². The van der Waals surface area contributed by atoms with Gasteiger partial charge >= 0.3 is 0 Å². The second-order valence-corrected chi connectivity index (χ2v) is 10.1. The van der Waals surface area contributed by atoms with Gasteiger partial charge in [0, 0.05) is 31.6 Å². The number of benzene rings is 1. The highest BCUT2D eigenvalue weighted by molar-refractivity contribution is 7.16. The highest BCUT2D eigenvalue weighted by Gasteiger charge is 2.33. The van der Waals surface area contributed by atoms with E-state index in [1.165, 1.54) is 0 Å². The molecular weight excluding hydrogens is 382 g/mol. The number of aliphatic hydroxyl groups is 1. The fourth-order valence-corrected chi connectivity index (χ4v) is 4.92. The zero-order chi connectivity index (χ0) is 20.8. The van der Waals surface area contributed by atoms with E-state index in [2.05, 4.69) is 42.1 Å². The number of nitrogens with one attached hydrogen (secondary N) is 1. The second kappa shape index (κ2) is 7.70. The van der Waals surface area contributed by atoms with Crippen molar-refractivity contribution in [2.24, 2.45) is 4.99 Å². The first-order valence-corrected chi connectivity index (χ1v) is 11.2. The maximum atomic E-state index is 10.4. The van der Waals surface area contributed by atoms with E-state index in [1.54, 1.807) is 11.3 Å². The van der Waals surface area contributed by atoms with Crippen molar-refractivity contribution in [2.75, 3.05) is 32.0 Å². The standard InChI is InChI=1S/C22H31N5OS/c1-14(2)20-25-18-19(23-16-8-6-7-9-17(16)24-21(18)29-20)27-11-10-26(5)15(13-27)12-22(3,4)28/h6-9,14-15,24,28H,10-13H2,1-5H3/t15-/m0/s1. The Balaban J connectivity index is 1.74. The van der Waals surface area contributed by atoms with E-state index in [0.717, 1.165) is 59.0 Å². The molecule has 3 heterocycles. The molecule has 0 amide bonds. The zero-order valence-electron chi connectivity index (χ0n) is 17.9. The van der Waals surface area contributed by atoms with Crippen molar-refractivity contribution in [3.63, 3.8) is 0 Å². The number of hydrogen-bond acceptors (Lipinski definition) is 7. The number of aliphatic imine (C=N–C) groups is 1. The van der Waals surface area contributed by atoms with Crippen molar-refractivity contribution >= 4 is 33.5 Å². The highest BCUT2D eigenvalue weighted by Crippen LogP contribution is 2.39. The Hall–Kier alpha value is -1.96. The van der Waals surface area contributed by atoms with Gasteiger partial charge in [-0.15, -0.1) is 11.3 Å². The topological polar surface area (TPSA) is 64.0 Å². The fraction of sp³-hybridized carbons (Fsp3) is 0.545. The molecule has 7 heteroatoms. The summed E-state index contributed by atoms with van der Waals surface area (Å²) in [4.78, 5) is 14.8. The zero-order valence-corrected chi connectivity index (χ0v) is 18.8. The average molecular weight is 414 g/mol. The molecule has 2 N–H and O–H groups in total. The van der Waals surface area contributed by atoms with Crippen molar-refractivity contribution in [1.82, 2.24) is 14.8 Å². The van der Waals surface area contributed by atoms with Gasteiger partial charge in [0.1, 0.15) is 10.7 Å². The number of aromatic nitrogens is 1. The molecule has 2 aliphatic heterocycles. The number of fused-ring (bicyclic) bond motifs is 2. The summed E-state index contributed by atoms with van der Waals surface area (Å²) in [5, 5.41) is 16.1. The predicted octanol–water partition coefficient (Wildman–Crippen LogP) is 4.18. The van der Waals surface area contributed by atoms with Gasteiger partial charge in [0.05, 0.1) is 22.0 Å². The van der Waals surface area contributed by atoms with Crippen LogP contribution in [-0.4, -0.2) is 64.1 Å². The van der Waals surface area contributed by atoms with Gasteiger partial charge in [-0.25, -0.2) is 9.98 Å². The van der Waals surface area contributed by atoms with Gasteiger partial charge in [0.15, 0.2) is 5.84 Å². The van der Waals surface area contributed by atoms with Crippen LogP contribution in [0.3, 0.4) is 0 Å². The number of amidine groups is 1. The molecule has 0 bridgehead atoms. The van der Waals surface area contributed by atoms with Crippen LogP contribution < -0.4 is 5.32 Å². The van der Waals surface area contributed by atoms with Crippen molar-refractivity contribution in [1.29, 1.82) is 0 Å². The van der Waals surface area contributed by atoms with Crippen molar-refractivity contribution < 1.29 is 5.11 Å². The minimum Gasteiger partial charge on any atom is -0.390 e. The Kier molecular flexibility index (Phi) is 5.40. The van der Waals surface area contributed by atoms with Crippen molar-refractivity contribution in [2.45, 2.75) is 51.7 Å². The highest BCUT2D eigenvalue weighted by atomic mass is 32.1. The lowest BCUT2D eigenvalue weighted by atomic mass is 9.96. The van der Waals surface area contributed by atoms with Gasteiger partial charge in [-0.1, -0.05) is 26.0 Å². The van der Waals surface area contributed by atoms with Crippen LogP contribution in [0.1, 0.15) is 50.7 Å². The number of piperazine rings is 1. The molecule has 29 heavy (non-hydrogen) atoms. The normalized spacial score (nSPS) is 20.0. The Morgan fingerprint density at radius 1 is 1.28 bits per heavy atom. The summed E-state index contributed by atoms with van der Waals surface area (Å²) in [6.45, 7) is 10.8. The lowest BCUT2D eigenvalue weighted by molar-refractivity contribution is 0.0218. The molecule has 1 atom stereocenters. The molecular formula is C22H31N5OS.